The van der Waals surface area contributed by atoms with E-state index in [0.29, 0.717) is 17.3 Å². The van der Waals surface area contributed by atoms with Crippen LogP contribution in [0.5, 0.6) is 0 Å². The maximum atomic E-state index is 12.8. The van der Waals surface area contributed by atoms with Crippen molar-refractivity contribution < 1.29 is 9.53 Å². The lowest BCUT2D eigenvalue weighted by Gasteiger charge is -2.58. The zero-order valence-electron chi connectivity index (χ0n) is 32.7. The van der Waals surface area contributed by atoms with Crippen LogP contribution in [0.25, 0.3) is 0 Å². The average molecular weight is 653 g/mol. The molecule has 0 amide bonds. The number of unbranched alkanes of at least 4 members (excludes halogenated alkanes) is 11. The molecule has 0 radical (unpaired) electrons. The van der Waals surface area contributed by atoms with Gasteiger partial charge in [0, 0.05) is 12.8 Å². The molecule has 4 aliphatic rings. The molecular formula is C45H80O2. The topological polar surface area (TPSA) is 26.3 Å². The molecule has 2 nitrogen and oxygen atoms in total. The van der Waals surface area contributed by atoms with Crippen molar-refractivity contribution in [3.05, 3.63) is 11.6 Å². The van der Waals surface area contributed by atoms with Crippen LogP contribution >= 0.6 is 0 Å². The number of carbonyl (C=O) groups excluding carboxylic acids is 1. The third kappa shape index (κ3) is 10.8. The van der Waals surface area contributed by atoms with Crippen molar-refractivity contribution in [3.8, 4) is 0 Å². The van der Waals surface area contributed by atoms with E-state index in [9.17, 15) is 4.79 Å². The Morgan fingerprint density at radius 2 is 1.30 bits per heavy atom. The van der Waals surface area contributed by atoms with Crippen molar-refractivity contribution in [2.45, 2.75) is 215 Å². The molecule has 0 aromatic heterocycles. The van der Waals surface area contributed by atoms with Crippen molar-refractivity contribution in [2.24, 2.45) is 52.3 Å². The number of hydrogen-bond donors (Lipinski definition) is 0. The van der Waals surface area contributed by atoms with Crippen LogP contribution < -0.4 is 0 Å². The van der Waals surface area contributed by atoms with Gasteiger partial charge in [0.05, 0.1) is 0 Å². The summed E-state index contributed by atoms with van der Waals surface area (Å²) in [6.45, 7) is 17.3. The van der Waals surface area contributed by atoms with Crippen LogP contribution in [0.1, 0.15) is 209 Å². The van der Waals surface area contributed by atoms with E-state index < -0.39 is 0 Å². The Hall–Kier alpha value is -0.790. The van der Waals surface area contributed by atoms with E-state index in [0.717, 1.165) is 60.7 Å². The molecule has 0 bridgehead atoms. The summed E-state index contributed by atoms with van der Waals surface area (Å²) >= 11 is 0. The first-order valence-electron chi connectivity index (χ1n) is 21.4. The molecular weight excluding hydrogens is 572 g/mol. The highest BCUT2D eigenvalue weighted by Crippen LogP contribution is 2.67. The molecule has 0 N–H and O–H groups in total. The minimum Gasteiger partial charge on any atom is -0.462 e. The van der Waals surface area contributed by atoms with E-state index in [1.807, 2.05) is 0 Å². The lowest BCUT2D eigenvalue weighted by molar-refractivity contribution is -0.151. The summed E-state index contributed by atoms with van der Waals surface area (Å²) in [6, 6.07) is 0. The molecule has 3 saturated carbocycles. The van der Waals surface area contributed by atoms with Crippen LogP contribution in [0, 0.1) is 52.3 Å². The lowest BCUT2D eigenvalue weighted by Crippen LogP contribution is -2.51. The van der Waals surface area contributed by atoms with Gasteiger partial charge >= 0.3 is 5.97 Å². The van der Waals surface area contributed by atoms with E-state index in [4.69, 9.17) is 4.74 Å². The lowest BCUT2D eigenvalue weighted by atomic mass is 9.47. The summed E-state index contributed by atoms with van der Waals surface area (Å²) in [5, 5.41) is 0. The SMILES string of the molecule is CC(C)CCCCCCCCCCCCCCC(=O)O[C@@H]1CC[C@@]2(C)C(=CC[C@H]3[C@H]4CC[C@H]([C@H](C)CCCC(C)C)[C@@]4(C)CC[C@@H]32)C1. The fraction of sp³-hybridized carbons (Fsp3) is 0.933. The number of rotatable bonds is 21. The van der Waals surface area contributed by atoms with Gasteiger partial charge in [-0.3, -0.25) is 4.79 Å². The van der Waals surface area contributed by atoms with Gasteiger partial charge in [0.2, 0.25) is 0 Å². The monoisotopic (exact) mass is 653 g/mol. The van der Waals surface area contributed by atoms with Crippen LogP contribution in [0.2, 0.25) is 0 Å². The van der Waals surface area contributed by atoms with Gasteiger partial charge in [-0.05, 0) is 104 Å². The summed E-state index contributed by atoms with van der Waals surface area (Å²) in [5.41, 5.74) is 2.54. The number of allylic oxidation sites excluding steroid dienone is 1. The summed E-state index contributed by atoms with van der Waals surface area (Å²) < 4.78 is 6.13. The maximum Gasteiger partial charge on any atom is 0.306 e. The van der Waals surface area contributed by atoms with Crippen LogP contribution in [0.3, 0.4) is 0 Å². The first-order valence-corrected chi connectivity index (χ1v) is 21.4. The number of esters is 1. The summed E-state index contributed by atoms with van der Waals surface area (Å²) in [7, 11) is 0. The number of ether oxygens (including phenoxy) is 1. The highest BCUT2D eigenvalue weighted by Gasteiger charge is 2.59. The molecule has 0 unspecified atom stereocenters. The van der Waals surface area contributed by atoms with Gasteiger partial charge in [0.15, 0.2) is 0 Å². The molecule has 8 atom stereocenters. The van der Waals surface area contributed by atoms with Crippen LogP contribution in [-0.2, 0) is 9.53 Å². The average Bonchev–Trinajstić information content (AvgIpc) is 3.38. The quantitative estimate of drug-likeness (QED) is 0.0700. The largest absolute Gasteiger partial charge is 0.462 e. The van der Waals surface area contributed by atoms with E-state index in [1.54, 1.807) is 5.57 Å². The third-order valence-electron chi connectivity index (χ3n) is 14.5. The smallest absolute Gasteiger partial charge is 0.306 e. The molecule has 2 heteroatoms. The fourth-order valence-corrected chi connectivity index (χ4v) is 11.6. The van der Waals surface area contributed by atoms with E-state index >= 15 is 0 Å². The highest BCUT2D eigenvalue weighted by molar-refractivity contribution is 5.69. The molecule has 0 aromatic carbocycles. The second kappa shape index (κ2) is 19.0. The predicted octanol–water partition coefficient (Wildman–Crippen LogP) is 14.1. The maximum absolute atomic E-state index is 12.8. The number of hydrogen-bond acceptors (Lipinski definition) is 2. The number of fused-ring (bicyclic) bond motifs is 5. The highest BCUT2D eigenvalue weighted by atomic mass is 16.5. The van der Waals surface area contributed by atoms with E-state index in [1.165, 1.54) is 135 Å². The third-order valence-corrected chi connectivity index (χ3v) is 14.5. The first kappa shape index (κ1) is 39.0. The molecule has 0 spiro atoms. The molecule has 4 aliphatic carbocycles. The van der Waals surface area contributed by atoms with Gasteiger partial charge in [-0.2, -0.15) is 0 Å². The predicted molar refractivity (Wildman–Crippen MR) is 202 cm³/mol. The molecule has 3 fully saturated rings. The summed E-state index contributed by atoms with van der Waals surface area (Å²) in [6.07, 6.45) is 35.5. The van der Waals surface area contributed by atoms with Gasteiger partial charge < -0.3 is 4.74 Å². The van der Waals surface area contributed by atoms with Gasteiger partial charge in [-0.25, -0.2) is 0 Å². The molecule has 0 aliphatic heterocycles. The Kier molecular flexibility index (Phi) is 15.8. The molecule has 0 saturated heterocycles. The van der Waals surface area contributed by atoms with Crippen LogP contribution in [0.15, 0.2) is 11.6 Å². The fourth-order valence-electron chi connectivity index (χ4n) is 11.6. The van der Waals surface area contributed by atoms with E-state index in [2.05, 4.69) is 54.5 Å². The Morgan fingerprint density at radius 3 is 1.94 bits per heavy atom. The molecule has 0 heterocycles. The first-order chi connectivity index (χ1) is 22.5. The van der Waals surface area contributed by atoms with Crippen LogP contribution in [0.4, 0.5) is 0 Å². The van der Waals surface area contributed by atoms with Gasteiger partial charge in [0.1, 0.15) is 6.10 Å². The number of carbonyl (C=O) groups is 1. The van der Waals surface area contributed by atoms with Gasteiger partial charge in [-0.15, -0.1) is 0 Å². The van der Waals surface area contributed by atoms with Gasteiger partial charge in [-0.1, -0.05) is 156 Å². The van der Waals surface area contributed by atoms with Crippen molar-refractivity contribution in [1.29, 1.82) is 0 Å². The standard InChI is InChI=1S/C45H80O2/c1-34(2)21-18-16-14-12-10-8-9-11-13-15-17-19-24-43(46)47-38-29-31-44(6)37(33-38)25-26-39-41-28-27-40(36(5)23-20-22-35(3)4)45(41,7)32-30-42(39)44/h25,34-36,38-42H,8-24,26-33H2,1-7H3/t36-,38-,39+,40-,41-,42+,44+,45-/m1/s1. The minimum atomic E-state index is 0.0641. The van der Waals surface area contributed by atoms with E-state index in [-0.39, 0.29) is 12.1 Å². The molecule has 0 aromatic rings. The second-order valence-corrected chi connectivity index (χ2v) is 18.8. The summed E-state index contributed by atoms with van der Waals surface area (Å²) in [5.74, 6) is 6.20. The minimum absolute atomic E-state index is 0.0641. The zero-order valence-corrected chi connectivity index (χ0v) is 32.7. The molecule has 272 valence electrons. The van der Waals surface area contributed by atoms with Crippen LogP contribution in [-0.4, -0.2) is 12.1 Å². The van der Waals surface area contributed by atoms with Crippen molar-refractivity contribution >= 4 is 5.97 Å². The van der Waals surface area contributed by atoms with Crippen molar-refractivity contribution in [1.82, 2.24) is 0 Å². The molecule has 4 rings (SSSR count). The Balaban J connectivity index is 1.11. The Labute approximate surface area is 293 Å². The second-order valence-electron chi connectivity index (χ2n) is 18.8. The Bertz CT molecular complexity index is 948. The zero-order chi connectivity index (χ0) is 33.9. The molecule has 47 heavy (non-hydrogen) atoms. The summed E-state index contributed by atoms with van der Waals surface area (Å²) in [4.78, 5) is 12.8. The van der Waals surface area contributed by atoms with Crippen molar-refractivity contribution in [3.63, 3.8) is 0 Å². The normalized spacial score (nSPS) is 32.5. The Morgan fingerprint density at radius 1 is 0.702 bits per heavy atom. The van der Waals surface area contributed by atoms with Gasteiger partial charge in [0.25, 0.3) is 0 Å². The van der Waals surface area contributed by atoms with Crippen molar-refractivity contribution in [2.75, 3.05) is 0 Å².